The van der Waals surface area contributed by atoms with Gasteiger partial charge in [0.25, 0.3) is 0 Å². The van der Waals surface area contributed by atoms with E-state index >= 15 is 0 Å². The van der Waals surface area contributed by atoms with E-state index in [4.69, 9.17) is 9.47 Å². The van der Waals surface area contributed by atoms with E-state index in [1.807, 2.05) is 12.1 Å². The fourth-order valence-corrected chi connectivity index (χ4v) is 4.10. The number of nitrogens with zero attached hydrogens (tertiary/aromatic N) is 1. The highest BCUT2D eigenvalue weighted by Gasteiger charge is 2.30. The van der Waals surface area contributed by atoms with Gasteiger partial charge in [-0.3, -0.25) is 9.10 Å². The van der Waals surface area contributed by atoms with Gasteiger partial charge in [0.1, 0.15) is 24.6 Å². The maximum absolute atomic E-state index is 13.2. The quantitative estimate of drug-likeness (QED) is 0.790. The molecule has 150 valence electrons. The average molecular weight is 408 g/mol. The molecular formula is C19H21FN2O5S. The van der Waals surface area contributed by atoms with Gasteiger partial charge in [0.2, 0.25) is 15.9 Å². The summed E-state index contributed by atoms with van der Waals surface area (Å²) in [5.74, 6) is 0.226. The Labute approximate surface area is 163 Å². The second kappa shape index (κ2) is 8.05. The summed E-state index contributed by atoms with van der Waals surface area (Å²) in [5, 5.41) is 2.69. The molecule has 9 heteroatoms. The van der Waals surface area contributed by atoms with Crippen molar-refractivity contribution in [3.8, 4) is 11.5 Å². The number of anilines is 1. The minimum atomic E-state index is -3.76. The maximum Gasteiger partial charge on any atom is 0.243 e. The van der Waals surface area contributed by atoms with Gasteiger partial charge in [0.05, 0.1) is 18.5 Å². The Morgan fingerprint density at radius 1 is 1.21 bits per heavy atom. The molecule has 2 aromatic carbocycles. The number of sulfonamides is 1. The Balaban J connectivity index is 1.66. The Bertz CT molecular complexity index is 949. The predicted octanol–water partition coefficient (Wildman–Crippen LogP) is 1.94. The van der Waals surface area contributed by atoms with Gasteiger partial charge in [-0.05, 0) is 43.3 Å². The highest BCUT2D eigenvalue weighted by molar-refractivity contribution is 7.92. The van der Waals surface area contributed by atoms with E-state index in [0.717, 1.165) is 22.7 Å². The van der Waals surface area contributed by atoms with E-state index < -0.39 is 33.9 Å². The van der Waals surface area contributed by atoms with E-state index in [1.165, 1.54) is 19.1 Å². The number of fused-ring (bicyclic) bond motifs is 1. The van der Waals surface area contributed by atoms with E-state index in [0.29, 0.717) is 11.5 Å². The van der Waals surface area contributed by atoms with Crippen LogP contribution in [0.1, 0.15) is 6.92 Å². The SMILES string of the molecule is C[C@@H](C(=O)NC[C@H]1COc2ccccc2O1)N(c1ccc(F)cc1)S(C)(=O)=O. The van der Waals surface area contributed by atoms with E-state index in [-0.39, 0.29) is 18.8 Å². The van der Waals surface area contributed by atoms with Crippen molar-refractivity contribution < 1.29 is 27.1 Å². The molecule has 1 N–H and O–H groups in total. The van der Waals surface area contributed by atoms with Gasteiger partial charge in [-0.2, -0.15) is 0 Å². The first kappa shape index (κ1) is 19.9. The molecule has 1 aliphatic heterocycles. The van der Waals surface area contributed by atoms with Crippen molar-refractivity contribution >= 4 is 21.6 Å². The summed E-state index contributed by atoms with van der Waals surface area (Å²) in [7, 11) is -3.76. The van der Waals surface area contributed by atoms with Crippen LogP contribution in [0, 0.1) is 5.82 Å². The lowest BCUT2D eigenvalue weighted by atomic mass is 10.2. The molecule has 2 aromatic rings. The highest BCUT2D eigenvalue weighted by atomic mass is 32.2. The smallest absolute Gasteiger partial charge is 0.243 e. The van der Waals surface area contributed by atoms with Crippen LogP contribution in [0.3, 0.4) is 0 Å². The van der Waals surface area contributed by atoms with Gasteiger partial charge in [0, 0.05) is 0 Å². The molecule has 1 heterocycles. The number of halogens is 1. The Morgan fingerprint density at radius 3 is 2.50 bits per heavy atom. The molecule has 3 rings (SSSR count). The molecule has 0 bridgehead atoms. The number of para-hydroxylation sites is 2. The molecule has 1 amide bonds. The van der Waals surface area contributed by atoms with Crippen molar-refractivity contribution in [1.29, 1.82) is 0 Å². The first-order valence-corrected chi connectivity index (χ1v) is 10.5. The van der Waals surface area contributed by atoms with Gasteiger partial charge in [-0.25, -0.2) is 12.8 Å². The maximum atomic E-state index is 13.2. The molecule has 7 nitrogen and oxygen atoms in total. The van der Waals surface area contributed by atoms with Crippen molar-refractivity contribution in [2.75, 3.05) is 23.7 Å². The number of carbonyl (C=O) groups excluding carboxylic acids is 1. The van der Waals surface area contributed by atoms with Crippen molar-refractivity contribution in [1.82, 2.24) is 5.32 Å². The average Bonchev–Trinajstić information content (AvgIpc) is 2.66. The number of nitrogens with one attached hydrogen (secondary N) is 1. The highest BCUT2D eigenvalue weighted by Crippen LogP contribution is 2.30. The normalized spacial score (nSPS) is 16.9. The Hall–Kier alpha value is -2.81. The molecule has 0 spiro atoms. The lowest BCUT2D eigenvalue weighted by Crippen LogP contribution is -2.50. The monoisotopic (exact) mass is 408 g/mol. The van der Waals surface area contributed by atoms with Crippen molar-refractivity contribution in [3.05, 3.63) is 54.3 Å². The summed E-state index contributed by atoms with van der Waals surface area (Å²) < 4.78 is 49.9. The largest absolute Gasteiger partial charge is 0.486 e. The van der Waals surface area contributed by atoms with Gasteiger partial charge < -0.3 is 14.8 Å². The summed E-state index contributed by atoms with van der Waals surface area (Å²) in [6.07, 6.45) is 0.596. The summed E-state index contributed by atoms with van der Waals surface area (Å²) in [4.78, 5) is 12.6. The van der Waals surface area contributed by atoms with Crippen molar-refractivity contribution in [2.24, 2.45) is 0 Å². The second-order valence-electron chi connectivity index (χ2n) is 6.45. The third-order valence-electron chi connectivity index (χ3n) is 4.24. The fraction of sp³-hybridized carbons (Fsp3) is 0.316. The molecule has 0 unspecified atom stereocenters. The van der Waals surface area contributed by atoms with Gasteiger partial charge in [-0.15, -0.1) is 0 Å². The van der Waals surface area contributed by atoms with Crippen molar-refractivity contribution in [2.45, 2.75) is 19.1 Å². The van der Waals surface area contributed by atoms with Crippen LogP contribution in [-0.4, -0.2) is 45.9 Å². The summed E-state index contributed by atoms with van der Waals surface area (Å²) >= 11 is 0. The first-order valence-electron chi connectivity index (χ1n) is 8.67. The zero-order chi connectivity index (χ0) is 20.3. The number of rotatable bonds is 6. The number of ether oxygens (including phenoxy) is 2. The van der Waals surface area contributed by atoms with Crippen LogP contribution in [-0.2, 0) is 14.8 Å². The zero-order valence-electron chi connectivity index (χ0n) is 15.5. The van der Waals surface area contributed by atoms with E-state index in [1.54, 1.807) is 12.1 Å². The third kappa shape index (κ3) is 4.53. The van der Waals surface area contributed by atoms with Crippen LogP contribution in [0.25, 0.3) is 0 Å². The van der Waals surface area contributed by atoms with Crippen LogP contribution in [0.5, 0.6) is 11.5 Å². The molecule has 0 radical (unpaired) electrons. The third-order valence-corrected chi connectivity index (χ3v) is 5.48. The lowest BCUT2D eigenvalue weighted by molar-refractivity contribution is -0.122. The Morgan fingerprint density at radius 2 is 1.86 bits per heavy atom. The molecule has 0 saturated heterocycles. The lowest BCUT2D eigenvalue weighted by Gasteiger charge is -2.30. The number of carbonyl (C=O) groups is 1. The minimum Gasteiger partial charge on any atom is -0.486 e. The molecule has 0 fully saturated rings. The predicted molar refractivity (Wildman–Crippen MR) is 103 cm³/mol. The zero-order valence-corrected chi connectivity index (χ0v) is 16.3. The topological polar surface area (TPSA) is 84.9 Å². The van der Waals surface area contributed by atoms with Crippen LogP contribution in [0.2, 0.25) is 0 Å². The van der Waals surface area contributed by atoms with Gasteiger partial charge in [-0.1, -0.05) is 12.1 Å². The second-order valence-corrected chi connectivity index (χ2v) is 8.31. The summed E-state index contributed by atoms with van der Waals surface area (Å²) in [5.41, 5.74) is 0.206. The molecule has 0 saturated carbocycles. The summed E-state index contributed by atoms with van der Waals surface area (Å²) in [6, 6.07) is 11.1. The summed E-state index contributed by atoms with van der Waals surface area (Å²) in [6.45, 7) is 1.88. The first-order chi connectivity index (χ1) is 13.3. The molecule has 28 heavy (non-hydrogen) atoms. The molecule has 0 aromatic heterocycles. The van der Waals surface area contributed by atoms with Crippen LogP contribution < -0.4 is 19.1 Å². The molecular weight excluding hydrogens is 387 g/mol. The fourth-order valence-electron chi connectivity index (χ4n) is 2.92. The number of amides is 1. The Kier molecular flexibility index (Phi) is 5.73. The molecule has 2 atom stereocenters. The van der Waals surface area contributed by atoms with Crippen LogP contribution in [0.4, 0.5) is 10.1 Å². The van der Waals surface area contributed by atoms with Crippen LogP contribution >= 0.6 is 0 Å². The minimum absolute atomic E-state index is 0.151. The number of hydrogen-bond acceptors (Lipinski definition) is 5. The van der Waals surface area contributed by atoms with Gasteiger partial charge >= 0.3 is 0 Å². The van der Waals surface area contributed by atoms with E-state index in [2.05, 4.69) is 5.32 Å². The standard InChI is InChI=1S/C19H21FN2O5S/c1-13(22(28(2,24)25)15-9-7-14(20)8-10-15)19(23)21-11-16-12-26-17-5-3-4-6-18(17)27-16/h3-10,13,16H,11-12H2,1-2H3,(H,21,23)/t13-,16-/m0/s1. The molecule has 0 aliphatic carbocycles. The molecule has 1 aliphatic rings. The van der Waals surface area contributed by atoms with E-state index in [9.17, 15) is 17.6 Å². The number of hydrogen-bond donors (Lipinski definition) is 1. The number of benzene rings is 2. The van der Waals surface area contributed by atoms with Gasteiger partial charge in [0.15, 0.2) is 11.5 Å². The van der Waals surface area contributed by atoms with Crippen molar-refractivity contribution in [3.63, 3.8) is 0 Å². The van der Waals surface area contributed by atoms with Crippen LogP contribution in [0.15, 0.2) is 48.5 Å².